The smallest absolute Gasteiger partial charge is 0.257 e. The van der Waals surface area contributed by atoms with E-state index >= 15 is 0 Å². The van der Waals surface area contributed by atoms with E-state index < -0.39 is 0 Å². The molecular weight excluding hydrogens is 356 g/mol. The molecule has 6 heteroatoms. The van der Waals surface area contributed by atoms with Gasteiger partial charge in [0, 0.05) is 15.5 Å². The first-order chi connectivity index (χ1) is 11.7. The quantitative estimate of drug-likeness (QED) is 0.766. The number of thioether (sulfide) groups is 1. The van der Waals surface area contributed by atoms with Crippen LogP contribution in [0.15, 0.2) is 48.5 Å². The zero-order chi connectivity index (χ0) is 18.4. The largest absolute Gasteiger partial charge is 0.325 e. The minimum atomic E-state index is -0.290. The summed E-state index contributed by atoms with van der Waals surface area (Å²) in [5, 5.41) is 6.22. The molecule has 4 nitrogen and oxygen atoms in total. The fraction of sp³-hybridized carbons (Fsp3) is 0.263. The number of hydrogen-bond donors (Lipinski definition) is 2. The number of rotatable bonds is 5. The molecule has 0 atom stereocenters. The number of nitrogens with one attached hydrogen (secondary N) is 2. The van der Waals surface area contributed by atoms with Gasteiger partial charge in [-0.1, -0.05) is 44.5 Å². The van der Waals surface area contributed by atoms with Gasteiger partial charge in [-0.05, 0) is 36.4 Å². The average Bonchev–Trinajstić information content (AvgIpc) is 2.55. The van der Waals surface area contributed by atoms with Crippen LogP contribution in [-0.4, -0.2) is 22.3 Å². The predicted molar refractivity (Wildman–Crippen MR) is 107 cm³/mol. The van der Waals surface area contributed by atoms with E-state index in [1.165, 1.54) is 0 Å². The number of anilines is 2. The average molecular weight is 377 g/mol. The van der Waals surface area contributed by atoms with E-state index in [-0.39, 0.29) is 16.6 Å². The predicted octanol–water partition coefficient (Wildman–Crippen LogP) is 5.06. The van der Waals surface area contributed by atoms with Gasteiger partial charge in [-0.15, -0.1) is 11.8 Å². The van der Waals surface area contributed by atoms with Crippen LogP contribution in [0, 0.1) is 0 Å². The van der Waals surface area contributed by atoms with Gasteiger partial charge in [0.1, 0.15) is 0 Å². The third kappa shape index (κ3) is 6.44. The van der Waals surface area contributed by atoms with Gasteiger partial charge in [-0.25, -0.2) is 0 Å². The van der Waals surface area contributed by atoms with Crippen molar-refractivity contribution in [2.45, 2.75) is 25.5 Å². The summed E-state index contributed by atoms with van der Waals surface area (Å²) in [6, 6.07) is 13.8. The molecule has 0 bridgehead atoms. The maximum Gasteiger partial charge on any atom is 0.257 e. The highest BCUT2D eigenvalue weighted by atomic mass is 35.5. The van der Waals surface area contributed by atoms with E-state index in [1.807, 2.05) is 0 Å². The highest BCUT2D eigenvalue weighted by Crippen LogP contribution is 2.24. The molecule has 2 N–H and O–H groups in total. The number of para-hydroxylation sites is 1. The first-order valence-electron chi connectivity index (χ1n) is 7.84. The minimum Gasteiger partial charge on any atom is -0.325 e. The lowest BCUT2D eigenvalue weighted by molar-refractivity contribution is -0.113. The van der Waals surface area contributed by atoms with Crippen LogP contribution in [-0.2, 0) is 4.79 Å². The molecule has 0 fully saturated rings. The standard InChI is InChI=1S/C19H21ClN2O2S/c1-19(2,3)25-12-17(23)22-16-7-5-4-6-15(16)18(24)21-14-10-8-13(20)9-11-14/h4-11H,12H2,1-3H3,(H,21,24)(H,22,23). The molecule has 0 aliphatic carbocycles. The Hall–Kier alpha value is -1.98. The number of carbonyl (C=O) groups excluding carboxylic acids is 2. The van der Waals surface area contributed by atoms with Crippen LogP contribution in [0.25, 0.3) is 0 Å². The topological polar surface area (TPSA) is 58.2 Å². The minimum absolute atomic E-state index is 0.00279. The third-order valence-corrected chi connectivity index (χ3v) is 4.71. The molecule has 0 saturated carbocycles. The van der Waals surface area contributed by atoms with Crippen molar-refractivity contribution in [3.63, 3.8) is 0 Å². The Labute approximate surface area is 157 Å². The van der Waals surface area contributed by atoms with Gasteiger partial charge in [0.15, 0.2) is 0 Å². The fourth-order valence-corrected chi connectivity index (χ4v) is 2.75. The van der Waals surface area contributed by atoms with Crippen molar-refractivity contribution in [1.82, 2.24) is 0 Å². The number of halogens is 1. The Morgan fingerprint density at radius 2 is 1.64 bits per heavy atom. The van der Waals surface area contributed by atoms with Crippen LogP contribution in [0.4, 0.5) is 11.4 Å². The van der Waals surface area contributed by atoms with Crippen LogP contribution >= 0.6 is 23.4 Å². The highest BCUT2D eigenvalue weighted by Gasteiger charge is 2.16. The first kappa shape index (κ1) is 19.3. The van der Waals surface area contributed by atoms with Gasteiger partial charge in [-0.2, -0.15) is 0 Å². The maximum atomic E-state index is 12.5. The Morgan fingerprint density at radius 1 is 1.00 bits per heavy atom. The summed E-state index contributed by atoms with van der Waals surface area (Å²) in [6.07, 6.45) is 0. The Morgan fingerprint density at radius 3 is 2.28 bits per heavy atom. The zero-order valence-corrected chi connectivity index (χ0v) is 16.0. The summed E-state index contributed by atoms with van der Waals surface area (Å²) in [4.78, 5) is 24.7. The van der Waals surface area contributed by atoms with E-state index in [0.717, 1.165) is 0 Å². The second kappa shape index (κ2) is 8.41. The van der Waals surface area contributed by atoms with Crippen LogP contribution in [0.3, 0.4) is 0 Å². The van der Waals surface area contributed by atoms with Crippen molar-refractivity contribution in [2.24, 2.45) is 0 Å². The maximum absolute atomic E-state index is 12.5. The first-order valence-corrected chi connectivity index (χ1v) is 9.21. The van der Waals surface area contributed by atoms with E-state index in [4.69, 9.17) is 11.6 Å². The number of carbonyl (C=O) groups is 2. The summed E-state index contributed by atoms with van der Waals surface area (Å²) < 4.78 is 0.00279. The van der Waals surface area contributed by atoms with E-state index in [2.05, 4.69) is 31.4 Å². The molecule has 2 rings (SSSR count). The van der Waals surface area contributed by atoms with Gasteiger partial charge < -0.3 is 10.6 Å². The van der Waals surface area contributed by atoms with Crippen LogP contribution in [0.1, 0.15) is 31.1 Å². The summed E-state index contributed by atoms with van der Waals surface area (Å²) in [5.74, 6) is -0.0928. The van der Waals surface area contributed by atoms with Gasteiger partial charge in [0.2, 0.25) is 5.91 Å². The zero-order valence-electron chi connectivity index (χ0n) is 14.4. The molecule has 0 unspecified atom stereocenters. The highest BCUT2D eigenvalue weighted by molar-refractivity contribution is 8.01. The van der Waals surface area contributed by atoms with Crippen molar-refractivity contribution in [3.05, 3.63) is 59.1 Å². The van der Waals surface area contributed by atoms with Gasteiger partial charge in [0.05, 0.1) is 17.0 Å². The van der Waals surface area contributed by atoms with E-state index in [0.29, 0.717) is 27.7 Å². The van der Waals surface area contributed by atoms with Crippen LogP contribution in [0.2, 0.25) is 5.02 Å². The van der Waals surface area contributed by atoms with E-state index in [9.17, 15) is 9.59 Å². The molecule has 0 aromatic heterocycles. The molecule has 0 aliphatic rings. The van der Waals surface area contributed by atoms with Crippen LogP contribution in [0.5, 0.6) is 0 Å². The van der Waals surface area contributed by atoms with E-state index in [1.54, 1.807) is 60.3 Å². The second-order valence-corrected chi connectivity index (χ2v) is 8.69. The van der Waals surface area contributed by atoms with Gasteiger partial charge in [-0.3, -0.25) is 9.59 Å². The molecular formula is C19H21ClN2O2S. The summed E-state index contributed by atoms with van der Waals surface area (Å²) >= 11 is 7.40. The summed E-state index contributed by atoms with van der Waals surface area (Å²) in [6.45, 7) is 6.16. The molecule has 0 radical (unpaired) electrons. The molecule has 2 aromatic carbocycles. The lowest BCUT2D eigenvalue weighted by Crippen LogP contribution is -2.21. The fourth-order valence-electron chi connectivity index (χ4n) is 1.99. The molecule has 0 saturated heterocycles. The molecule has 2 amide bonds. The van der Waals surface area contributed by atoms with Crippen molar-refractivity contribution >= 4 is 46.6 Å². The Bertz CT molecular complexity index is 755. The van der Waals surface area contributed by atoms with Crippen LogP contribution < -0.4 is 10.6 Å². The number of benzene rings is 2. The lowest BCUT2D eigenvalue weighted by Gasteiger charge is -2.17. The molecule has 0 spiro atoms. The SMILES string of the molecule is CC(C)(C)SCC(=O)Nc1ccccc1C(=O)Nc1ccc(Cl)cc1. The molecule has 132 valence electrons. The van der Waals surface area contributed by atoms with Crippen molar-refractivity contribution < 1.29 is 9.59 Å². The van der Waals surface area contributed by atoms with Crippen molar-refractivity contribution in [3.8, 4) is 0 Å². The molecule has 0 heterocycles. The Balaban J connectivity index is 2.07. The van der Waals surface area contributed by atoms with Gasteiger partial charge >= 0.3 is 0 Å². The normalized spacial score (nSPS) is 11.0. The summed E-state index contributed by atoms with van der Waals surface area (Å²) in [5.41, 5.74) is 1.54. The molecule has 25 heavy (non-hydrogen) atoms. The second-order valence-electron chi connectivity index (χ2n) is 6.46. The number of amides is 2. The molecule has 2 aromatic rings. The van der Waals surface area contributed by atoms with Crippen molar-refractivity contribution in [2.75, 3.05) is 16.4 Å². The van der Waals surface area contributed by atoms with Crippen molar-refractivity contribution in [1.29, 1.82) is 0 Å². The monoisotopic (exact) mass is 376 g/mol. The third-order valence-electron chi connectivity index (χ3n) is 3.18. The summed E-state index contributed by atoms with van der Waals surface area (Å²) in [7, 11) is 0. The number of hydrogen-bond acceptors (Lipinski definition) is 3. The lowest BCUT2D eigenvalue weighted by atomic mass is 10.1. The Kier molecular flexibility index (Phi) is 6.51. The van der Waals surface area contributed by atoms with Gasteiger partial charge in [0.25, 0.3) is 5.91 Å². The molecule has 0 aliphatic heterocycles.